The van der Waals surface area contributed by atoms with Gasteiger partial charge in [-0.05, 0) is 24.3 Å². The smallest absolute Gasteiger partial charge is 0.258 e. The van der Waals surface area contributed by atoms with E-state index >= 15 is 0 Å². The molecule has 5 nitrogen and oxygen atoms in total. The third-order valence-electron chi connectivity index (χ3n) is 3.55. The van der Waals surface area contributed by atoms with Gasteiger partial charge >= 0.3 is 0 Å². The molecule has 3 rings (SSSR count). The van der Waals surface area contributed by atoms with E-state index in [1.165, 1.54) is 12.4 Å². The number of nitrogens with one attached hydrogen (secondary N) is 1. The molecule has 0 fully saturated rings. The van der Waals surface area contributed by atoms with Crippen LogP contribution in [0.25, 0.3) is 0 Å². The van der Waals surface area contributed by atoms with Gasteiger partial charge in [-0.3, -0.25) is 4.79 Å². The highest BCUT2D eigenvalue weighted by Crippen LogP contribution is 2.30. The molecule has 1 heterocycles. The number of para-hydroxylation sites is 2. The van der Waals surface area contributed by atoms with Crippen molar-refractivity contribution in [2.45, 2.75) is 0 Å². The summed E-state index contributed by atoms with van der Waals surface area (Å²) in [7, 11) is 1.86. The minimum absolute atomic E-state index is 0.307. The minimum atomic E-state index is -0.385. The van der Waals surface area contributed by atoms with Gasteiger partial charge in [0.1, 0.15) is 0 Å². The second-order valence-electron chi connectivity index (χ2n) is 5.22. The molecule has 0 aliphatic rings. The van der Waals surface area contributed by atoms with Crippen molar-refractivity contribution in [3.8, 4) is 0 Å². The fraction of sp³-hybridized carbons (Fsp3) is 0.0556. The van der Waals surface area contributed by atoms with Gasteiger partial charge in [0.05, 0.1) is 21.3 Å². The maximum atomic E-state index is 12.3. The Hall–Kier alpha value is -2.63. The maximum absolute atomic E-state index is 12.3. The molecule has 126 valence electrons. The number of hydrogen-bond acceptors (Lipinski definition) is 4. The second-order valence-corrected chi connectivity index (χ2v) is 6.03. The van der Waals surface area contributed by atoms with Gasteiger partial charge in [-0.25, -0.2) is 9.97 Å². The van der Waals surface area contributed by atoms with Crippen LogP contribution in [0.2, 0.25) is 10.0 Å². The lowest BCUT2D eigenvalue weighted by Gasteiger charge is -2.17. The molecular formula is C18H14Cl2N4O. The van der Waals surface area contributed by atoms with Crippen LogP contribution in [-0.4, -0.2) is 22.9 Å². The molecule has 3 aromatic rings. The van der Waals surface area contributed by atoms with Crippen LogP contribution in [0.4, 0.5) is 17.3 Å². The number of hydrogen-bond donors (Lipinski definition) is 1. The summed E-state index contributed by atoms with van der Waals surface area (Å²) in [5.41, 5.74) is 1.62. The first kappa shape index (κ1) is 17.2. The van der Waals surface area contributed by atoms with E-state index < -0.39 is 0 Å². The molecule has 25 heavy (non-hydrogen) atoms. The van der Waals surface area contributed by atoms with Crippen molar-refractivity contribution in [2.24, 2.45) is 0 Å². The van der Waals surface area contributed by atoms with Gasteiger partial charge in [0.25, 0.3) is 5.91 Å². The minimum Gasteiger partial charge on any atom is -0.319 e. The molecule has 1 aromatic heterocycles. The standard InChI is InChI=1S/C18H14Cl2N4O/c1-24(13-6-3-2-4-7-13)18-21-10-12(11-22-18)17(25)23-16-14(19)8-5-9-15(16)20/h2-11H,1H3,(H,23,25). The highest BCUT2D eigenvalue weighted by molar-refractivity contribution is 6.40. The number of carbonyl (C=O) groups excluding carboxylic acids is 1. The summed E-state index contributed by atoms with van der Waals surface area (Å²) in [6, 6.07) is 14.7. The molecule has 0 unspecified atom stereocenters. The summed E-state index contributed by atoms with van der Waals surface area (Å²) in [4.78, 5) is 22.7. The molecule has 0 radical (unpaired) electrons. The maximum Gasteiger partial charge on any atom is 0.258 e. The van der Waals surface area contributed by atoms with Crippen LogP contribution in [0.5, 0.6) is 0 Å². The van der Waals surface area contributed by atoms with E-state index in [2.05, 4.69) is 15.3 Å². The first-order chi connectivity index (χ1) is 12.1. The van der Waals surface area contributed by atoms with Gasteiger partial charge in [0.15, 0.2) is 0 Å². The first-order valence-electron chi connectivity index (χ1n) is 7.42. The fourth-order valence-corrected chi connectivity index (χ4v) is 2.67. The normalized spacial score (nSPS) is 10.4. The summed E-state index contributed by atoms with van der Waals surface area (Å²) < 4.78 is 0. The van der Waals surface area contributed by atoms with Gasteiger partial charge in [-0.1, -0.05) is 47.5 Å². The lowest BCUT2D eigenvalue weighted by molar-refractivity contribution is 0.102. The van der Waals surface area contributed by atoms with E-state index in [0.717, 1.165) is 5.69 Å². The Morgan fingerprint density at radius 2 is 1.56 bits per heavy atom. The number of amides is 1. The molecule has 1 N–H and O–H groups in total. The molecule has 0 spiro atoms. The summed E-state index contributed by atoms with van der Waals surface area (Å²) in [6.45, 7) is 0. The number of rotatable bonds is 4. The predicted molar refractivity (Wildman–Crippen MR) is 101 cm³/mol. The van der Waals surface area contributed by atoms with Crippen molar-refractivity contribution in [2.75, 3.05) is 17.3 Å². The summed E-state index contributed by atoms with van der Waals surface area (Å²) in [5, 5.41) is 3.41. The van der Waals surface area contributed by atoms with Crippen LogP contribution in [0.1, 0.15) is 10.4 Å². The number of aromatic nitrogens is 2. The predicted octanol–water partition coefficient (Wildman–Crippen LogP) is 4.80. The topological polar surface area (TPSA) is 58.1 Å². The zero-order valence-corrected chi connectivity index (χ0v) is 14.8. The molecular weight excluding hydrogens is 359 g/mol. The summed E-state index contributed by atoms with van der Waals surface area (Å²) in [5.74, 6) is 0.0995. The van der Waals surface area contributed by atoms with Crippen LogP contribution in [-0.2, 0) is 0 Å². The lowest BCUT2D eigenvalue weighted by Crippen LogP contribution is -2.16. The molecule has 0 bridgehead atoms. The SMILES string of the molecule is CN(c1ccccc1)c1ncc(C(=O)Nc2c(Cl)cccc2Cl)cn1. The van der Waals surface area contributed by atoms with Crippen molar-refractivity contribution in [3.63, 3.8) is 0 Å². The first-order valence-corrected chi connectivity index (χ1v) is 8.18. The number of halogens is 2. The van der Waals surface area contributed by atoms with E-state index in [-0.39, 0.29) is 5.91 Å². The Balaban J connectivity index is 1.77. The molecule has 2 aromatic carbocycles. The monoisotopic (exact) mass is 372 g/mol. The van der Waals surface area contributed by atoms with Gasteiger partial charge in [0, 0.05) is 25.1 Å². The zero-order chi connectivity index (χ0) is 17.8. The van der Waals surface area contributed by atoms with Gasteiger partial charge in [-0.2, -0.15) is 0 Å². The van der Waals surface area contributed by atoms with Gasteiger partial charge in [-0.15, -0.1) is 0 Å². The van der Waals surface area contributed by atoms with Gasteiger partial charge < -0.3 is 10.2 Å². The van der Waals surface area contributed by atoms with Crippen LogP contribution in [0.15, 0.2) is 60.9 Å². The third kappa shape index (κ3) is 3.90. The largest absolute Gasteiger partial charge is 0.319 e. The molecule has 7 heteroatoms. The Morgan fingerprint density at radius 3 is 2.16 bits per heavy atom. The Morgan fingerprint density at radius 1 is 0.960 bits per heavy atom. The third-order valence-corrected chi connectivity index (χ3v) is 4.18. The van der Waals surface area contributed by atoms with E-state index in [1.54, 1.807) is 18.2 Å². The van der Waals surface area contributed by atoms with Crippen LogP contribution in [0, 0.1) is 0 Å². The fourth-order valence-electron chi connectivity index (χ4n) is 2.18. The highest BCUT2D eigenvalue weighted by atomic mass is 35.5. The zero-order valence-electron chi connectivity index (χ0n) is 13.3. The Kier molecular flexibility index (Phi) is 5.16. The Bertz CT molecular complexity index is 865. The average molecular weight is 373 g/mol. The number of benzene rings is 2. The molecule has 0 saturated carbocycles. The summed E-state index contributed by atoms with van der Waals surface area (Å²) in [6.07, 6.45) is 2.92. The molecule has 0 aliphatic carbocycles. The van der Waals surface area contributed by atoms with E-state index in [1.807, 2.05) is 42.3 Å². The van der Waals surface area contributed by atoms with Gasteiger partial charge in [0.2, 0.25) is 5.95 Å². The van der Waals surface area contributed by atoms with Crippen molar-refractivity contribution < 1.29 is 4.79 Å². The van der Waals surface area contributed by atoms with Crippen molar-refractivity contribution in [3.05, 3.63) is 76.5 Å². The number of carbonyl (C=O) groups is 1. The Labute approximate surface area is 155 Å². The quantitative estimate of drug-likeness (QED) is 0.714. The molecule has 0 saturated heterocycles. The van der Waals surface area contributed by atoms with Crippen molar-refractivity contribution in [1.82, 2.24) is 9.97 Å². The van der Waals surface area contributed by atoms with Crippen LogP contribution < -0.4 is 10.2 Å². The van der Waals surface area contributed by atoms with Crippen LogP contribution >= 0.6 is 23.2 Å². The van der Waals surface area contributed by atoms with Crippen LogP contribution in [0.3, 0.4) is 0 Å². The molecule has 0 atom stereocenters. The number of anilines is 3. The van der Waals surface area contributed by atoms with Crippen molar-refractivity contribution in [1.29, 1.82) is 0 Å². The molecule has 1 amide bonds. The lowest BCUT2D eigenvalue weighted by atomic mass is 10.2. The second kappa shape index (κ2) is 7.51. The number of nitrogens with zero attached hydrogens (tertiary/aromatic N) is 3. The van der Waals surface area contributed by atoms with E-state index in [9.17, 15) is 4.79 Å². The average Bonchev–Trinajstić information content (AvgIpc) is 2.65. The van der Waals surface area contributed by atoms with Crippen molar-refractivity contribution >= 4 is 46.4 Å². The van der Waals surface area contributed by atoms with E-state index in [4.69, 9.17) is 23.2 Å². The highest BCUT2D eigenvalue weighted by Gasteiger charge is 2.13. The summed E-state index contributed by atoms with van der Waals surface area (Å²) >= 11 is 12.1. The van der Waals surface area contributed by atoms with E-state index in [0.29, 0.717) is 27.2 Å². The molecule has 0 aliphatic heterocycles.